The molecular formula is C12H15NO2. The molecule has 0 spiro atoms. The molecule has 1 aliphatic carbocycles. The van der Waals surface area contributed by atoms with Crippen molar-refractivity contribution in [1.82, 2.24) is 4.98 Å². The molecular weight excluding hydrogens is 190 g/mol. The molecule has 80 valence electrons. The van der Waals surface area contributed by atoms with E-state index in [0.717, 1.165) is 36.9 Å². The third kappa shape index (κ3) is 1.62. The van der Waals surface area contributed by atoms with Crippen LogP contribution in [0.3, 0.4) is 0 Å². The van der Waals surface area contributed by atoms with Gasteiger partial charge in [0.25, 0.3) is 0 Å². The Morgan fingerprint density at radius 2 is 2.13 bits per heavy atom. The van der Waals surface area contributed by atoms with Crippen LogP contribution in [0.15, 0.2) is 18.3 Å². The highest BCUT2D eigenvalue weighted by Crippen LogP contribution is 2.40. The predicted molar refractivity (Wildman–Crippen MR) is 56.8 cm³/mol. The van der Waals surface area contributed by atoms with Crippen molar-refractivity contribution in [1.29, 1.82) is 0 Å². The maximum atomic E-state index is 11.4. The van der Waals surface area contributed by atoms with Crippen molar-refractivity contribution in [2.75, 3.05) is 0 Å². The van der Waals surface area contributed by atoms with Crippen LogP contribution < -0.4 is 0 Å². The van der Waals surface area contributed by atoms with Crippen molar-refractivity contribution < 1.29 is 9.90 Å². The molecule has 0 saturated heterocycles. The number of pyridine rings is 1. The fraction of sp³-hybridized carbons (Fsp3) is 0.500. The molecule has 0 atom stereocenters. The van der Waals surface area contributed by atoms with Crippen LogP contribution in [0.5, 0.6) is 0 Å². The normalized spacial score (nSPS) is 19.0. The van der Waals surface area contributed by atoms with Crippen LogP contribution >= 0.6 is 0 Å². The number of carboxylic acids is 1. The number of nitrogens with zero attached hydrogens (tertiary/aromatic N) is 1. The van der Waals surface area contributed by atoms with Crippen molar-refractivity contribution in [3.63, 3.8) is 0 Å². The van der Waals surface area contributed by atoms with Gasteiger partial charge in [0.15, 0.2) is 0 Å². The van der Waals surface area contributed by atoms with Gasteiger partial charge in [-0.1, -0.05) is 12.8 Å². The van der Waals surface area contributed by atoms with Gasteiger partial charge in [0, 0.05) is 6.20 Å². The lowest BCUT2D eigenvalue weighted by atomic mass is 9.82. The number of hydrogen-bond acceptors (Lipinski definition) is 2. The van der Waals surface area contributed by atoms with Gasteiger partial charge in [-0.3, -0.25) is 9.78 Å². The number of rotatable bonds is 2. The number of aliphatic carboxylic acids is 1. The number of aryl methyl sites for hydroxylation is 1. The van der Waals surface area contributed by atoms with Gasteiger partial charge in [-0.2, -0.15) is 0 Å². The summed E-state index contributed by atoms with van der Waals surface area (Å²) < 4.78 is 0. The first-order valence-electron chi connectivity index (χ1n) is 5.32. The Balaban J connectivity index is 2.45. The van der Waals surface area contributed by atoms with E-state index in [0.29, 0.717) is 0 Å². The molecule has 1 fully saturated rings. The number of carbonyl (C=O) groups is 1. The van der Waals surface area contributed by atoms with Crippen LogP contribution in [0, 0.1) is 6.92 Å². The van der Waals surface area contributed by atoms with Gasteiger partial charge in [0.05, 0.1) is 5.69 Å². The van der Waals surface area contributed by atoms with Crippen LogP contribution in [0.2, 0.25) is 0 Å². The van der Waals surface area contributed by atoms with Gasteiger partial charge in [0.1, 0.15) is 5.41 Å². The Morgan fingerprint density at radius 1 is 1.47 bits per heavy atom. The van der Waals surface area contributed by atoms with Crippen molar-refractivity contribution in [2.24, 2.45) is 0 Å². The smallest absolute Gasteiger partial charge is 0.315 e. The third-order valence-corrected chi connectivity index (χ3v) is 3.27. The Kier molecular flexibility index (Phi) is 2.47. The second-order valence-electron chi connectivity index (χ2n) is 4.31. The van der Waals surface area contributed by atoms with Gasteiger partial charge in [0.2, 0.25) is 0 Å². The summed E-state index contributed by atoms with van der Waals surface area (Å²) in [5.41, 5.74) is 1.09. The molecule has 0 aliphatic heterocycles. The van der Waals surface area contributed by atoms with Gasteiger partial charge >= 0.3 is 5.97 Å². The zero-order valence-electron chi connectivity index (χ0n) is 8.86. The zero-order valence-corrected chi connectivity index (χ0v) is 8.86. The molecule has 3 heteroatoms. The van der Waals surface area contributed by atoms with Gasteiger partial charge in [-0.05, 0) is 37.5 Å². The average molecular weight is 205 g/mol. The lowest BCUT2D eigenvalue weighted by Gasteiger charge is -2.23. The summed E-state index contributed by atoms with van der Waals surface area (Å²) in [6.45, 7) is 1.97. The maximum absolute atomic E-state index is 11.4. The van der Waals surface area contributed by atoms with Gasteiger partial charge in [-0.15, -0.1) is 0 Å². The first kappa shape index (κ1) is 10.1. The minimum absolute atomic E-state index is 0.716. The lowest BCUT2D eigenvalue weighted by molar-refractivity contribution is -0.143. The van der Waals surface area contributed by atoms with E-state index < -0.39 is 11.4 Å². The first-order chi connectivity index (χ1) is 7.15. The first-order valence-corrected chi connectivity index (χ1v) is 5.32. The van der Waals surface area contributed by atoms with E-state index in [1.54, 1.807) is 6.20 Å². The van der Waals surface area contributed by atoms with Crippen molar-refractivity contribution in [3.05, 3.63) is 29.6 Å². The van der Waals surface area contributed by atoms with Crippen LogP contribution in [0.4, 0.5) is 0 Å². The highest BCUT2D eigenvalue weighted by atomic mass is 16.4. The predicted octanol–water partition coefficient (Wildman–Crippen LogP) is 2.29. The van der Waals surface area contributed by atoms with Crippen molar-refractivity contribution >= 4 is 5.97 Å². The molecule has 2 rings (SSSR count). The molecule has 1 N–H and O–H groups in total. The Hall–Kier alpha value is -1.38. The molecule has 1 aromatic rings. The van der Waals surface area contributed by atoms with Gasteiger partial charge < -0.3 is 5.11 Å². The summed E-state index contributed by atoms with van der Waals surface area (Å²) >= 11 is 0. The molecule has 1 saturated carbocycles. The molecule has 1 heterocycles. The van der Waals surface area contributed by atoms with E-state index in [4.69, 9.17) is 0 Å². The standard InChI is InChI=1S/C12H15NO2/c1-9-4-7-13-10(8-9)12(11(14)15)5-2-3-6-12/h4,7-8H,2-3,5-6H2,1H3,(H,14,15). The quantitative estimate of drug-likeness (QED) is 0.805. The minimum Gasteiger partial charge on any atom is -0.481 e. The Morgan fingerprint density at radius 3 is 2.67 bits per heavy atom. The summed E-state index contributed by atoms with van der Waals surface area (Å²) in [6, 6.07) is 3.80. The van der Waals surface area contributed by atoms with Crippen LogP contribution in [-0.4, -0.2) is 16.1 Å². The topological polar surface area (TPSA) is 50.2 Å². The molecule has 1 aliphatic rings. The van der Waals surface area contributed by atoms with E-state index >= 15 is 0 Å². The fourth-order valence-corrected chi connectivity index (χ4v) is 2.36. The largest absolute Gasteiger partial charge is 0.481 e. The van der Waals surface area contributed by atoms with Crippen LogP contribution in [0.1, 0.15) is 36.9 Å². The summed E-state index contributed by atoms with van der Waals surface area (Å²) in [7, 11) is 0. The molecule has 0 radical (unpaired) electrons. The summed E-state index contributed by atoms with van der Waals surface area (Å²) in [4.78, 5) is 15.6. The summed E-state index contributed by atoms with van der Waals surface area (Å²) in [6.07, 6.45) is 5.12. The highest BCUT2D eigenvalue weighted by Gasteiger charge is 2.44. The van der Waals surface area contributed by atoms with Crippen molar-refractivity contribution in [2.45, 2.75) is 38.0 Å². The third-order valence-electron chi connectivity index (χ3n) is 3.27. The van der Waals surface area contributed by atoms with Gasteiger partial charge in [-0.25, -0.2) is 0 Å². The summed E-state index contributed by atoms with van der Waals surface area (Å²) in [5, 5.41) is 9.37. The Bertz CT molecular complexity index is 381. The highest BCUT2D eigenvalue weighted by molar-refractivity contribution is 5.81. The molecule has 0 bridgehead atoms. The zero-order chi connectivity index (χ0) is 10.9. The average Bonchev–Trinajstić information content (AvgIpc) is 2.67. The van der Waals surface area contributed by atoms with Crippen LogP contribution in [-0.2, 0) is 10.2 Å². The van der Waals surface area contributed by atoms with E-state index in [2.05, 4.69) is 4.98 Å². The lowest BCUT2D eigenvalue weighted by Crippen LogP contribution is -2.33. The minimum atomic E-state index is -0.724. The Labute approximate surface area is 89.2 Å². The number of carboxylic acid groups (broad SMARTS) is 1. The molecule has 3 nitrogen and oxygen atoms in total. The number of aromatic nitrogens is 1. The van der Waals surface area contributed by atoms with E-state index in [-0.39, 0.29) is 0 Å². The van der Waals surface area contributed by atoms with E-state index in [1.165, 1.54) is 0 Å². The fourth-order valence-electron chi connectivity index (χ4n) is 2.36. The van der Waals surface area contributed by atoms with Crippen LogP contribution in [0.25, 0.3) is 0 Å². The molecule has 0 unspecified atom stereocenters. The second kappa shape index (κ2) is 3.65. The second-order valence-corrected chi connectivity index (χ2v) is 4.31. The monoisotopic (exact) mass is 205 g/mol. The summed E-state index contributed by atoms with van der Waals surface area (Å²) in [5.74, 6) is -0.724. The molecule has 15 heavy (non-hydrogen) atoms. The van der Waals surface area contributed by atoms with E-state index in [9.17, 15) is 9.90 Å². The van der Waals surface area contributed by atoms with E-state index in [1.807, 2.05) is 19.1 Å². The maximum Gasteiger partial charge on any atom is 0.315 e. The molecule has 0 amide bonds. The molecule has 0 aromatic carbocycles. The molecule has 1 aromatic heterocycles. The van der Waals surface area contributed by atoms with Crippen molar-refractivity contribution in [3.8, 4) is 0 Å². The number of hydrogen-bond donors (Lipinski definition) is 1. The SMILES string of the molecule is Cc1ccnc(C2(C(=O)O)CCCC2)c1.